The molecule has 2 aromatic carbocycles. The van der Waals surface area contributed by atoms with Gasteiger partial charge in [0.25, 0.3) is 5.69 Å². The van der Waals surface area contributed by atoms with Crippen molar-refractivity contribution in [2.45, 2.75) is 25.2 Å². The van der Waals surface area contributed by atoms with Gasteiger partial charge in [0.15, 0.2) is 0 Å². The molecule has 1 aromatic heterocycles. The number of likely N-dealkylation sites (tertiary alicyclic amines) is 1. The molecule has 0 bridgehead atoms. The van der Waals surface area contributed by atoms with Gasteiger partial charge in [0.2, 0.25) is 17.6 Å². The number of halogens is 1. The third-order valence-corrected chi connectivity index (χ3v) is 5.40. The molecule has 9 nitrogen and oxygen atoms in total. The molecular formula is C22H22FN5O4. The van der Waals surface area contributed by atoms with E-state index in [9.17, 15) is 19.3 Å². The SMILES string of the molecule is O=C(CCN1CCCC(c2nc(-c3cccc(F)c3)no2)C1)Nc1ccc([N+](=O)[O-])cc1. The molecular weight excluding hydrogens is 417 g/mol. The Labute approximate surface area is 183 Å². The van der Waals surface area contributed by atoms with Crippen molar-refractivity contribution in [3.63, 3.8) is 0 Å². The minimum absolute atomic E-state index is 0.0241. The van der Waals surface area contributed by atoms with E-state index in [0.717, 1.165) is 19.4 Å². The van der Waals surface area contributed by atoms with E-state index in [0.29, 0.717) is 42.5 Å². The van der Waals surface area contributed by atoms with Crippen molar-refractivity contribution in [2.24, 2.45) is 0 Å². The maximum Gasteiger partial charge on any atom is 0.269 e. The second-order valence-electron chi connectivity index (χ2n) is 7.71. The van der Waals surface area contributed by atoms with Crippen LogP contribution >= 0.6 is 0 Å². The molecule has 1 unspecified atom stereocenters. The van der Waals surface area contributed by atoms with Crippen LogP contribution in [0, 0.1) is 15.9 Å². The number of rotatable bonds is 7. The van der Waals surface area contributed by atoms with Gasteiger partial charge in [0, 0.05) is 42.9 Å². The minimum atomic E-state index is -0.483. The summed E-state index contributed by atoms with van der Waals surface area (Å²) in [7, 11) is 0. The number of amides is 1. The lowest BCUT2D eigenvalue weighted by atomic mass is 9.98. The van der Waals surface area contributed by atoms with Gasteiger partial charge in [0.05, 0.1) is 10.8 Å². The van der Waals surface area contributed by atoms with Crippen molar-refractivity contribution >= 4 is 17.3 Å². The molecule has 0 spiro atoms. The molecule has 32 heavy (non-hydrogen) atoms. The van der Waals surface area contributed by atoms with Crippen molar-refractivity contribution in [3.05, 3.63) is 70.4 Å². The van der Waals surface area contributed by atoms with Gasteiger partial charge in [-0.3, -0.25) is 14.9 Å². The van der Waals surface area contributed by atoms with Crippen LogP contribution in [0.5, 0.6) is 0 Å². The summed E-state index contributed by atoms with van der Waals surface area (Å²) in [5, 5.41) is 17.5. The molecule has 1 saturated heterocycles. The predicted molar refractivity (Wildman–Crippen MR) is 114 cm³/mol. The molecule has 10 heteroatoms. The Morgan fingerprint density at radius 3 is 2.84 bits per heavy atom. The smallest absolute Gasteiger partial charge is 0.269 e. The second-order valence-corrected chi connectivity index (χ2v) is 7.71. The Balaban J connectivity index is 1.29. The summed E-state index contributed by atoms with van der Waals surface area (Å²) in [6.07, 6.45) is 2.13. The summed E-state index contributed by atoms with van der Waals surface area (Å²) < 4.78 is 18.9. The van der Waals surface area contributed by atoms with E-state index in [1.54, 1.807) is 12.1 Å². The van der Waals surface area contributed by atoms with Gasteiger partial charge in [-0.15, -0.1) is 0 Å². The molecule has 0 radical (unpaired) electrons. The molecule has 1 aliphatic heterocycles. The summed E-state index contributed by atoms with van der Waals surface area (Å²) in [6.45, 7) is 2.13. The summed E-state index contributed by atoms with van der Waals surface area (Å²) in [5.41, 5.74) is 1.06. The number of carbonyl (C=O) groups excluding carboxylic acids is 1. The largest absolute Gasteiger partial charge is 0.339 e. The number of benzene rings is 2. The number of hydrogen-bond acceptors (Lipinski definition) is 7. The number of nitrogens with zero attached hydrogens (tertiary/aromatic N) is 4. The third kappa shape index (κ3) is 5.33. The minimum Gasteiger partial charge on any atom is -0.339 e. The molecule has 1 atom stereocenters. The monoisotopic (exact) mass is 439 g/mol. The first-order chi connectivity index (χ1) is 15.5. The van der Waals surface area contributed by atoms with Gasteiger partial charge in [-0.2, -0.15) is 4.98 Å². The summed E-state index contributed by atoms with van der Waals surface area (Å²) in [6, 6.07) is 11.8. The molecule has 0 saturated carbocycles. The van der Waals surface area contributed by atoms with Crippen molar-refractivity contribution < 1.29 is 18.6 Å². The van der Waals surface area contributed by atoms with Crippen molar-refractivity contribution in [2.75, 3.05) is 25.0 Å². The molecule has 4 rings (SSSR count). The number of aromatic nitrogens is 2. The Bertz CT molecular complexity index is 1100. The van der Waals surface area contributed by atoms with Crippen LogP contribution in [-0.4, -0.2) is 45.5 Å². The normalized spacial score (nSPS) is 16.6. The van der Waals surface area contributed by atoms with Crippen LogP contribution < -0.4 is 5.32 Å². The number of piperidine rings is 1. The zero-order valence-electron chi connectivity index (χ0n) is 17.2. The van der Waals surface area contributed by atoms with Gasteiger partial charge in [0.1, 0.15) is 5.82 Å². The zero-order valence-corrected chi connectivity index (χ0v) is 17.2. The number of nitro groups is 1. The lowest BCUT2D eigenvalue weighted by Crippen LogP contribution is -2.36. The maximum atomic E-state index is 13.5. The van der Waals surface area contributed by atoms with Crippen molar-refractivity contribution in [1.82, 2.24) is 15.0 Å². The molecule has 3 aromatic rings. The fraction of sp³-hybridized carbons (Fsp3) is 0.318. The second kappa shape index (κ2) is 9.65. The Morgan fingerprint density at radius 2 is 2.09 bits per heavy atom. The molecule has 2 heterocycles. The Kier molecular flexibility index (Phi) is 6.50. The lowest BCUT2D eigenvalue weighted by Gasteiger charge is -2.30. The molecule has 166 valence electrons. The number of nitrogens with one attached hydrogen (secondary N) is 1. The summed E-state index contributed by atoms with van der Waals surface area (Å²) in [5.74, 6) is 0.413. The van der Waals surface area contributed by atoms with Gasteiger partial charge < -0.3 is 14.7 Å². The highest BCUT2D eigenvalue weighted by molar-refractivity contribution is 5.90. The number of hydrogen-bond donors (Lipinski definition) is 1. The Hall–Kier alpha value is -3.66. The number of nitro benzene ring substituents is 1. The van der Waals surface area contributed by atoms with Gasteiger partial charge in [-0.05, 0) is 43.7 Å². The summed E-state index contributed by atoms with van der Waals surface area (Å²) in [4.78, 5) is 29.1. The standard InChI is InChI=1S/C22H22FN5O4/c23-17-5-1-3-15(13-17)21-25-22(32-26-21)16-4-2-11-27(14-16)12-10-20(29)24-18-6-8-19(9-7-18)28(30)31/h1,3,5-9,13,16H,2,4,10-12,14H2,(H,24,29). The van der Waals surface area contributed by atoms with Crippen LogP contribution in [-0.2, 0) is 4.79 Å². The van der Waals surface area contributed by atoms with Gasteiger partial charge in [-0.1, -0.05) is 17.3 Å². The van der Waals surface area contributed by atoms with Crippen LogP contribution in [0.2, 0.25) is 0 Å². The number of non-ortho nitro benzene ring substituents is 1. The first-order valence-corrected chi connectivity index (χ1v) is 10.3. The van der Waals surface area contributed by atoms with Gasteiger partial charge in [-0.25, -0.2) is 4.39 Å². The molecule has 1 fully saturated rings. The molecule has 1 amide bonds. The van der Waals surface area contributed by atoms with E-state index >= 15 is 0 Å². The van der Waals surface area contributed by atoms with E-state index in [-0.39, 0.29) is 23.3 Å². The molecule has 1 aliphatic rings. The number of anilines is 1. The molecule has 1 N–H and O–H groups in total. The average Bonchev–Trinajstić information content (AvgIpc) is 3.29. The summed E-state index contributed by atoms with van der Waals surface area (Å²) >= 11 is 0. The van der Waals surface area contributed by atoms with E-state index in [1.807, 2.05) is 0 Å². The van der Waals surface area contributed by atoms with Crippen molar-refractivity contribution in [1.29, 1.82) is 0 Å². The fourth-order valence-electron chi connectivity index (χ4n) is 3.76. The van der Waals surface area contributed by atoms with Crippen LogP contribution in [0.25, 0.3) is 11.4 Å². The quantitative estimate of drug-likeness (QED) is 0.437. The first kappa shape index (κ1) is 21.6. The van der Waals surface area contributed by atoms with Crippen molar-refractivity contribution in [3.8, 4) is 11.4 Å². The van der Waals surface area contributed by atoms with E-state index in [4.69, 9.17) is 4.52 Å². The van der Waals surface area contributed by atoms with Crippen LogP contribution in [0.3, 0.4) is 0 Å². The highest BCUT2D eigenvalue weighted by Crippen LogP contribution is 2.28. The van der Waals surface area contributed by atoms with Crippen LogP contribution in [0.4, 0.5) is 15.8 Å². The third-order valence-electron chi connectivity index (χ3n) is 5.40. The average molecular weight is 439 g/mol. The predicted octanol–water partition coefficient (Wildman–Crippen LogP) is 3.99. The highest BCUT2D eigenvalue weighted by Gasteiger charge is 2.26. The topological polar surface area (TPSA) is 114 Å². The van der Waals surface area contributed by atoms with Crippen LogP contribution in [0.15, 0.2) is 53.1 Å². The number of carbonyl (C=O) groups is 1. The lowest BCUT2D eigenvalue weighted by molar-refractivity contribution is -0.384. The first-order valence-electron chi connectivity index (χ1n) is 10.3. The van der Waals surface area contributed by atoms with Gasteiger partial charge >= 0.3 is 0 Å². The zero-order chi connectivity index (χ0) is 22.5. The molecule has 0 aliphatic carbocycles. The van der Waals surface area contributed by atoms with Crippen LogP contribution in [0.1, 0.15) is 31.1 Å². The fourth-order valence-corrected chi connectivity index (χ4v) is 3.76. The maximum absolute atomic E-state index is 13.5. The van der Waals surface area contributed by atoms with E-state index < -0.39 is 4.92 Å². The highest BCUT2D eigenvalue weighted by atomic mass is 19.1. The Morgan fingerprint density at radius 1 is 1.28 bits per heavy atom. The van der Waals surface area contributed by atoms with E-state index in [2.05, 4.69) is 20.4 Å². The van der Waals surface area contributed by atoms with E-state index in [1.165, 1.54) is 36.4 Å².